The van der Waals surface area contributed by atoms with Crippen molar-refractivity contribution in [3.8, 4) is 0 Å². The van der Waals surface area contributed by atoms with Crippen LogP contribution in [-0.2, 0) is 5.75 Å². The highest BCUT2D eigenvalue weighted by Gasteiger charge is 2.20. The van der Waals surface area contributed by atoms with E-state index in [1.165, 1.54) is 11.8 Å². The maximum absolute atomic E-state index is 12.3. The third-order valence-electron chi connectivity index (χ3n) is 5.51. The summed E-state index contributed by atoms with van der Waals surface area (Å²) in [6.07, 6.45) is 0. The minimum absolute atomic E-state index is 0.0741. The van der Waals surface area contributed by atoms with Gasteiger partial charge in [-0.15, -0.1) is 0 Å². The largest absolute Gasteiger partial charge is 0.368 e. The summed E-state index contributed by atoms with van der Waals surface area (Å²) in [6.45, 7) is 9.32. The molecule has 0 aliphatic carbocycles. The van der Waals surface area contributed by atoms with Gasteiger partial charge in [-0.3, -0.25) is 4.79 Å². The van der Waals surface area contributed by atoms with Gasteiger partial charge in [-0.05, 0) is 56.7 Å². The van der Waals surface area contributed by atoms with Gasteiger partial charge in [0.2, 0.25) is 0 Å². The molecule has 4 rings (SSSR count). The highest BCUT2D eigenvalue weighted by atomic mass is 35.5. The third-order valence-corrected chi connectivity index (χ3v) is 6.86. The number of rotatable bonds is 6. The van der Waals surface area contributed by atoms with Crippen LogP contribution in [0.1, 0.15) is 36.7 Å². The maximum atomic E-state index is 12.3. The second-order valence-corrected chi connectivity index (χ2v) is 11.2. The fraction of sp³-hybridized carbons (Fsp3) is 0.346. The summed E-state index contributed by atoms with van der Waals surface area (Å²) in [5.41, 5.74) is 2.60. The first kappa shape index (κ1) is 25.6. The molecule has 1 aromatic heterocycles. The van der Waals surface area contributed by atoms with Gasteiger partial charge in [0.05, 0.1) is 0 Å². The summed E-state index contributed by atoms with van der Waals surface area (Å²) in [4.78, 5) is 26.1. The number of benzene rings is 2. The molecule has 0 saturated carbocycles. The number of piperazine rings is 1. The molecule has 35 heavy (non-hydrogen) atoms. The van der Waals surface area contributed by atoms with E-state index in [1.54, 1.807) is 0 Å². The van der Waals surface area contributed by atoms with Gasteiger partial charge < -0.3 is 15.1 Å². The Bertz CT molecular complexity index is 1180. The standard InChI is InChI=1S/C26H29Cl2N5OS/c1-26(2,3)31-24(34)19-9-7-18(8-10-19)17-35-25-29-22(28)16-23(30-25)33-13-11-32(12-14-33)21-6-4-5-20(27)15-21/h4-10,15-16H,11-14,17H2,1-3H3,(H,31,34). The third kappa shape index (κ3) is 7.26. The lowest BCUT2D eigenvalue weighted by Crippen LogP contribution is -2.46. The number of halogens is 2. The van der Waals surface area contributed by atoms with Crippen molar-refractivity contribution in [3.05, 3.63) is 75.9 Å². The number of nitrogens with one attached hydrogen (secondary N) is 1. The molecule has 1 saturated heterocycles. The molecule has 1 aliphatic rings. The summed E-state index contributed by atoms with van der Waals surface area (Å²) in [5.74, 6) is 1.45. The van der Waals surface area contributed by atoms with Crippen LogP contribution in [0.4, 0.5) is 11.5 Å². The van der Waals surface area contributed by atoms with E-state index >= 15 is 0 Å². The number of thioether (sulfide) groups is 1. The van der Waals surface area contributed by atoms with Crippen molar-refractivity contribution in [3.63, 3.8) is 0 Å². The van der Waals surface area contributed by atoms with Crippen LogP contribution in [0.5, 0.6) is 0 Å². The van der Waals surface area contributed by atoms with Crippen molar-refractivity contribution in [1.82, 2.24) is 15.3 Å². The van der Waals surface area contributed by atoms with Crippen molar-refractivity contribution in [1.29, 1.82) is 0 Å². The van der Waals surface area contributed by atoms with Gasteiger partial charge in [-0.1, -0.05) is 53.2 Å². The Labute approximate surface area is 221 Å². The van der Waals surface area contributed by atoms with Crippen molar-refractivity contribution in [2.24, 2.45) is 0 Å². The smallest absolute Gasteiger partial charge is 0.251 e. The molecule has 1 aliphatic heterocycles. The normalized spacial score (nSPS) is 14.2. The van der Waals surface area contributed by atoms with Crippen molar-refractivity contribution in [2.75, 3.05) is 36.0 Å². The molecule has 2 heterocycles. The topological polar surface area (TPSA) is 61.4 Å². The molecule has 9 heteroatoms. The van der Waals surface area contributed by atoms with Gasteiger partial charge >= 0.3 is 0 Å². The van der Waals surface area contributed by atoms with E-state index in [-0.39, 0.29) is 11.4 Å². The first-order valence-corrected chi connectivity index (χ1v) is 13.2. The van der Waals surface area contributed by atoms with Gasteiger partial charge in [0, 0.05) is 59.8 Å². The lowest BCUT2D eigenvalue weighted by atomic mass is 10.1. The summed E-state index contributed by atoms with van der Waals surface area (Å²) < 4.78 is 0. The fourth-order valence-corrected chi connectivity index (χ4v) is 5.01. The van der Waals surface area contributed by atoms with E-state index in [9.17, 15) is 4.79 Å². The molecule has 0 unspecified atom stereocenters. The van der Waals surface area contributed by atoms with E-state index in [4.69, 9.17) is 28.2 Å². The molecule has 0 atom stereocenters. The van der Waals surface area contributed by atoms with Crippen LogP contribution in [0.25, 0.3) is 0 Å². The van der Waals surface area contributed by atoms with Crippen molar-refractivity contribution >= 4 is 52.4 Å². The molecule has 1 amide bonds. The first-order chi connectivity index (χ1) is 16.7. The van der Waals surface area contributed by atoms with Crippen molar-refractivity contribution < 1.29 is 4.79 Å². The zero-order valence-corrected chi connectivity index (χ0v) is 22.4. The lowest BCUT2D eigenvalue weighted by Gasteiger charge is -2.36. The zero-order valence-electron chi connectivity index (χ0n) is 20.1. The molecule has 6 nitrogen and oxygen atoms in total. The number of hydrogen-bond donors (Lipinski definition) is 1. The van der Waals surface area contributed by atoms with Crippen LogP contribution >= 0.6 is 35.0 Å². The summed E-state index contributed by atoms with van der Waals surface area (Å²) in [7, 11) is 0. The van der Waals surface area contributed by atoms with Gasteiger partial charge in [0.25, 0.3) is 5.91 Å². The molecular weight excluding hydrogens is 501 g/mol. The van der Waals surface area contributed by atoms with E-state index < -0.39 is 0 Å². The molecule has 184 valence electrons. The summed E-state index contributed by atoms with van der Waals surface area (Å²) >= 11 is 14.0. The molecule has 0 spiro atoms. The predicted molar refractivity (Wildman–Crippen MR) is 146 cm³/mol. The Morgan fingerprint density at radius 1 is 0.971 bits per heavy atom. The van der Waals surface area contributed by atoms with Crippen LogP contribution in [0.2, 0.25) is 10.2 Å². The Hall–Kier alpha value is -2.48. The Kier molecular flexibility index (Phi) is 8.09. The summed E-state index contributed by atoms with van der Waals surface area (Å²) in [5, 5.41) is 4.80. The lowest BCUT2D eigenvalue weighted by molar-refractivity contribution is 0.0919. The highest BCUT2D eigenvalue weighted by Crippen LogP contribution is 2.27. The number of amides is 1. The van der Waals surface area contributed by atoms with E-state index in [1.807, 2.05) is 69.3 Å². The average molecular weight is 531 g/mol. The van der Waals surface area contributed by atoms with E-state index in [0.29, 0.717) is 21.6 Å². The number of carbonyl (C=O) groups excluding carboxylic acids is 1. The predicted octanol–water partition coefficient (Wildman–Crippen LogP) is 5.93. The molecular formula is C26H29Cl2N5OS. The van der Waals surface area contributed by atoms with Gasteiger partial charge in [0.15, 0.2) is 5.16 Å². The highest BCUT2D eigenvalue weighted by molar-refractivity contribution is 7.98. The molecule has 1 N–H and O–H groups in total. The maximum Gasteiger partial charge on any atom is 0.251 e. The number of anilines is 2. The van der Waals surface area contributed by atoms with Crippen LogP contribution in [0, 0.1) is 0 Å². The van der Waals surface area contributed by atoms with Gasteiger partial charge in [-0.25, -0.2) is 9.97 Å². The average Bonchev–Trinajstić information content (AvgIpc) is 2.82. The molecule has 2 aromatic carbocycles. The van der Waals surface area contributed by atoms with Gasteiger partial charge in [0.1, 0.15) is 11.0 Å². The molecule has 3 aromatic rings. The first-order valence-electron chi connectivity index (χ1n) is 11.5. The SMILES string of the molecule is CC(C)(C)NC(=O)c1ccc(CSc2nc(Cl)cc(N3CCN(c4cccc(Cl)c4)CC3)n2)cc1. The van der Waals surface area contributed by atoms with E-state index in [0.717, 1.165) is 48.3 Å². The number of carbonyl (C=O) groups is 1. The molecule has 0 bridgehead atoms. The monoisotopic (exact) mass is 529 g/mol. The Balaban J connectivity index is 1.35. The Morgan fingerprint density at radius 2 is 1.66 bits per heavy atom. The van der Waals surface area contributed by atoms with Crippen molar-refractivity contribution in [2.45, 2.75) is 37.2 Å². The minimum Gasteiger partial charge on any atom is -0.368 e. The van der Waals surface area contributed by atoms with Crippen LogP contribution in [0.15, 0.2) is 59.8 Å². The second kappa shape index (κ2) is 11.1. The van der Waals surface area contributed by atoms with Crippen LogP contribution in [0.3, 0.4) is 0 Å². The number of hydrogen-bond acceptors (Lipinski definition) is 6. The van der Waals surface area contributed by atoms with E-state index in [2.05, 4.69) is 26.2 Å². The quantitative estimate of drug-likeness (QED) is 0.242. The van der Waals surface area contributed by atoms with Crippen LogP contribution in [-0.4, -0.2) is 47.6 Å². The number of nitrogens with zero attached hydrogens (tertiary/aromatic N) is 4. The number of aromatic nitrogens is 2. The second-order valence-electron chi connectivity index (χ2n) is 9.48. The zero-order chi connectivity index (χ0) is 25.0. The van der Waals surface area contributed by atoms with Crippen LogP contribution < -0.4 is 15.1 Å². The Morgan fingerprint density at radius 3 is 2.31 bits per heavy atom. The van der Waals surface area contributed by atoms with Gasteiger partial charge in [-0.2, -0.15) is 0 Å². The summed E-state index contributed by atoms with van der Waals surface area (Å²) in [6, 6.07) is 17.4. The fourth-order valence-electron chi connectivity index (χ4n) is 3.79. The molecule has 1 fully saturated rings. The molecule has 0 radical (unpaired) electrons. The minimum atomic E-state index is -0.269.